The van der Waals surface area contributed by atoms with E-state index >= 15 is 0 Å². The van der Waals surface area contributed by atoms with Crippen LogP contribution < -0.4 is 5.73 Å². The van der Waals surface area contributed by atoms with Crippen LogP contribution >= 0.6 is 0 Å². The van der Waals surface area contributed by atoms with Gasteiger partial charge < -0.3 is 5.73 Å². The van der Waals surface area contributed by atoms with Crippen molar-refractivity contribution in [2.45, 2.75) is 16.3 Å². The van der Waals surface area contributed by atoms with Crippen molar-refractivity contribution in [3.8, 4) is 0 Å². The van der Waals surface area contributed by atoms with Gasteiger partial charge in [-0.15, -0.1) is 0 Å². The first-order chi connectivity index (χ1) is 10.3. The average Bonchev–Trinajstić information content (AvgIpc) is 2.48. The quantitative estimate of drug-likeness (QED) is 0.937. The molecule has 0 aliphatic rings. The molecule has 0 aromatic heterocycles. The van der Waals surface area contributed by atoms with E-state index in [1.165, 1.54) is 12.1 Å². The van der Waals surface area contributed by atoms with Crippen LogP contribution in [0, 0.1) is 0 Å². The first-order valence-corrected chi connectivity index (χ1v) is 7.97. The topological polar surface area (TPSA) is 60.2 Å². The minimum atomic E-state index is -4.46. The predicted octanol–water partition coefficient (Wildman–Crippen LogP) is 3.18. The van der Waals surface area contributed by atoms with Crippen LogP contribution in [-0.2, 0) is 16.0 Å². The molecule has 3 nitrogen and oxygen atoms in total. The lowest BCUT2D eigenvalue weighted by atomic mass is 10.1. The highest BCUT2D eigenvalue weighted by Crippen LogP contribution is 2.32. The summed E-state index contributed by atoms with van der Waals surface area (Å²) in [4.78, 5) is 0.0883. The second kappa shape index (κ2) is 6.10. The van der Waals surface area contributed by atoms with Gasteiger partial charge in [-0.25, -0.2) is 8.42 Å². The predicted molar refractivity (Wildman–Crippen MR) is 76.9 cm³/mol. The van der Waals surface area contributed by atoms with E-state index in [1.54, 1.807) is 18.2 Å². The Morgan fingerprint density at radius 2 is 1.50 bits per heavy atom. The molecule has 118 valence electrons. The van der Waals surface area contributed by atoms with Crippen molar-refractivity contribution < 1.29 is 21.6 Å². The minimum absolute atomic E-state index is 0.0883. The zero-order valence-corrected chi connectivity index (χ0v) is 12.2. The summed E-state index contributed by atoms with van der Waals surface area (Å²) in [5.41, 5.74) is 4.96. The van der Waals surface area contributed by atoms with Crippen molar-refractivity contribution in [1.29, 1.82) is 0 Å². The second-order valence-corrected chi connectivity index (χ2v) is 6.83. The van der Waals surface area contributed by atoms with Crippen molar-refractivity contribution in [3.63, 3.8) is 0 Å². The van der Waals surface area contributed by atoms with Crippen molar-refractivity contribution in [2.75, 3.05) is 6.54 Å². The summed E-state index contributed by atoms with van der Waals surface area (Å²) < 4.78 is 62.8. The maximum Gasteiger partial charge on any atom is 0.416 e. The standard InChI is InChI=1S/C15H14F3NO2S/c16-15(17,18)12-8-6-11(7-9-12)14(10-19)22(20,21)13-4-2-1-3-5-13/h1-9,14H,10,19H2/t14-/m0/s1. The zero-order chi connectivity index (χ0) is 16.4. The lowest BCUT2D eigenvalue weighted by molar-refractivity contribution is -0.137. The maximum absolute atomic E-state index is 12.6. The molecule has 0 bridgehead atoms. The molecule has 0 aliphatic heterocycles. The third kappa shape index (κ3) is 3.31. The summed E-state index contributed by atoms with van der Waals surface area (Å²) in [6.07, 6.45) is -4.46. The zero-order valence-electron chi connectivity index (χ0n) is 11.4. The van der Waals surface area contributed by atoms with Crippen molar-refractivity contribution in [1.82, 2.24) is 0 Å². The van der Waals surface area contributed by atoms with Crippen LogP contribution in [0.3, 0.4) is 0 Å². The Bertz CT molecular complexity index is 726. The van der Waals surface area contributed by atoms with Crippen LogP contribution in [-0.4, -0.2) is 15.0 Å². The first-order valence-electron chi connectivity index (χ1n) is 6.43. The molecular formula is C15H14F3NO2S. The fraction of sp³-hybridized carbons (Fsp3) is 0.200. The maximum atomic E-state index is 12.6. The molecule has 0 fully saturated rings. The van der Waals surface area contributed by atoms with Gasteiger partial charge in [-0.1, -0.05) is 30.3 Å². The van der Waals surface area contributed by atoms with Crippen LogP contribution in [0.15, 0.2) is 59.5 Å². The largest absolute Gasteiger partial charge is 0.416 e. The monoisotopic (exact) mass is 329 g/mol. The van der Waals surface area contributed by atoms with Gasteiger partial charge in [-0.05, 0) is 29.8 Å². The number of alkyl halides is 3. The Morgan fingerprint density at radius 3 is 1.95 bits per heavy atom. The Hall–Kier alpha value is -1.86. The molecule has 2 aromatic carbocycles. The fourth-order valence-electron chi connectivity index (χ4n) is 2.10. The highest BCUT2D eigenvalue weighted by Gasteiger charge is 2.32. The molecule has 0 heterocycles. The van der Waals surface area contributed by atoms with E-state index < -0.39 is 26.8 Å². The molecule has 22 heavy (non-hydrogen) atoms. The van der Waals surface area contributed by atoms with Crippen molar-refractivity contribution in [3.05, 3.63) is 65.7 Å². The Kier molecular flexibility index (Phi) is 4.58. The first kappa shape index (κ1) is 16.5. The lowest BCUT2D eigenvalue weighted by Gasteiger charge is -2.17. The summed E-state index contributed by atoms with van der Waals surface area (Å²) in [5, 5.41) is -1.09. The Morgan fingerprint density at radius 1 is 0.955 bits per heavy atom. The number of hydrogen-bond donors (Lipinski definition) is 1. The molecule has 0 unspecified atom stereocenters. The third-order valence-corrected chi connectivity index (χ3v) is 5.41. The summed E-state index contributed by atoms with van der Waals surface area (Å²) >= 11 is 0. The Labute approximate surface area is 126 Å². The van der Waals surface area contributed by atoms with E-state index in [0.717, 1.165) is 24.3 Å². The van der Waals surface area contributed by atoms with Gasteiger partial charge in [0.2, 0.25) is 0 Å². The van der Waals surface area contributed by atoms with Gasteiger partial charge in [0, 0.05) is 6.54 Å². The highest BCUT2D eigenvalue weighted by molar-refractivity contribution is 7.91. The second-order valence-electron chi connectivity index (χ2n) is 4.70. The summed E-state index contributed by atoms with van der Waals surface area (Å²) in [7, 11) is -3.76. The molecule has 0 radical (unpaired) electrons. The van der Waals surface area contributed by atoms with Gasteiger partial charge in [0.15, 0.2) is 9.84 Å². The van der Waals surface area contributed by atoms with Gasteiger partial charge in [-0.3, -0.25) is 0 Å². The molecule has 7 heteroatoms. The van der Waals surface area contributed by atoms with Gasteiger partial charge >= 0.3 is 6.18 Å². The van der Waals surface area contributed by atoms with Crippen molar-refractivity contribution >= 4 is 9.84 Å². The Balaban J connectivity index is 2.41. The molecule has 1 atom stereocenters. The lowest BCUT2D eigenvalue weighted by Crippen LogP contribution is -2.22. The van der Waals surface area contributed by atoms with Gasteiger partial charge in [0.05, 0.1) is 10.5 Å². The number of benzene rings is 2. The van der Waals surface area contributed by atoms with Crippen LogP contribution in [0.1, 0.15) is 16.4 Å². The van der Waals surface area contributed by atoms with Gasteiger partial charge in [-0.2, -0.15) is 13.2 Å². The molecule has 0 saturated carbocycles. The van der Waals surface area contributed by atoms with Crippen LogP contribution in [0.5, 0.6) is 0 Å². The third-order valence-electron chi connectivity index (χ3n) is 3.27. The molecule has 0 saturated heterocycles. The molecule has 2 N–H and O–H groups in total. The fourth-order valence-corrected chi connectivity index (χ4v) is 3.74. The number of hydrogen-bond acceptors (Lipinski definition) is 3. The van der Waals surface area contributed by atoms with Crippen molar-refractivity contribution in [2.24, 2.45) is 5.73 Å². The highest BCUT2D eigenvalue weighted by atomic mass is 32.2. The van der Waals surface area contributed by atoms with Crippen LogP contribution in [0.25, 0.3) is 0 Å². The van der Waals surface area contributed by atoms with E-state index in [-0.39, 0.29) is 17.0 Å². The summed E-state index contributed by atoms with van der Waals surface area (Å²) in [6.45, 7) is -0.220. The van der Waals surface area contributed by atoms with E-state index in [2.05, 4.69) is 0 Å². The van der Waals surface area contributed by atoms with E-state index in [0.29, 0.717) is 0 Å². The summed E-state index contributed by atoms with van der Waals surface area (Å²) in [6, 6.07) is 11.7. The summed E-state index contributed by atoms with van der Waals surface area (Å²) in [5.74, 6) is 0. The SMILES string of the molecule is NC[C@@H](c1ccc(C(F)(F)F)cc1)S(=O)(=O)c1ccccc1. The number of rotatable bonds is 4. The van der Waals surface area contributed by atoms with Gasteiger partial charge in [0.25, 0.3) is 0 Å². The molecule has 2 rings (SSSR count). The molecule has 2 aromatic rings. The number of halogens is 3. The number of nitrogens with two attached hydrogens (primary N) is 1. The molecule has 0 aliphatic carbocycles. The van der Waals surface area contributed by atoms with E-state index in [4.69, 9.17) is 5.73 Å². The molecular weight excluding hydrogens is 315 g/mol. The number of sulfone groups is 1. The van der Waals surface area contributed by atoms with Crippen LogP contribution in [0.4, 0.5) is 13.2 Å². The molecule has 0 amide bonds. The van der Waals surface area contributed by atoms with E-state index in [9.17, 15) is 21.6 Å². The molecule has 0 spiro atoms. The van der Waals surface area contributed by atoms with E-state index in [1.807, 2.05) is 0 Å². The minimum Gasteiger partial charge on any atom is -0.329 e. The van der Waals surface area contributed by atoms with Crippen LogP contribution in [0.2, 0.25) is 0 Å². The normalized spacial score (nSPS) is 13.8. The smallest absolute Gasteiger partial charge is 0.329 e. The average molecular weight is 329 g/mol. The van der Waals surface area contributed by atoms with Gasteiger partial charge in [0.1, 0.15) is 5.25 Å².